The SMILES string of the molecule is CC(CCC(=O)O)NC(=O)[C@H]1CC1(C)C. The first-order valence-electron chi connectivity index (χ1n) is 5.35. The molecule has 0 aromatic carbocycles. The second kappa shape index (κ2) is 4.21. The van der Waals surface area contributed by atoms with Gasteiger partial charge < -0.3 is 10.4 Å². The molecule has 0 bridgehead atoms. The van der Waals surface area contributed by atoms with E-state index in [-0.39, 0.29) is 29.7 Å². The summed E-state index contributed by atoms with van der Waals surface area (Å²) in [5, 5.41) is 11.3. The summed E-state index contributed by atoms with van der Waals surface area (Å²) < 4.78 is 0. The Labute approximate surface area is 90.0 Å². The molecule has 1 aliphatic rings. The molecule has 0 saturated heterocycles. The summed E-state index contributed by atoms with van der Waals surface area (Å²) in [5.41, 5.74) is 0.136. The van der Waals surface area contributed by atoms with Crippen molar-refractivity contribution in [2.24, 2.45) is 11.3 Å². The van der Waals surface area contributed by atoms with E-state index < -0.39 is 5.97 Å². The van der Waals surface area contributed by atoms with Gasteiger partial charge in [-0.15, -0.1) is 0 Å². The molecule has 0 aromatic rings. The molecule has 0 radical (unpaired) electrons. The molecule has 1 amide bonds. The molecule has 1 aliphatic carbocycles. The van der Waals surface area contributed by atoms with Gasteiger partial charge in [0.05, 0.1) is 0 Å². The highest BCUT2D eigenvalue weighted by molar-refractivity contribution is 5.82. The predicted molar refractivity (Wildman–Crippen MR) is 56.4 cm³/mol. The number of aliphatic carboxylic acids is 1. The maximum absolute atomic E-state index is 11.6. The van der Waals surface area contributed by atoms with Crippen molar-refractivity contribution >= 4 is 11.9 Å². The number of hydrogen-bond acceptors (Lipinski definition) is 2. The summed E-state index contributed by atoms with van der Waals surface area (Å²) in [6.07, 6.45) is 1.54. The zero-order chi connectivity index (χ0) is 11.6. The molecule has 4 heteroatoms. The topological polar surface area (TPSA) is 66.4 Å². The predicted octanol–water partition coefficient (Wildman–Crippen LogP) is 1.40. The molecule has 0 aliphatic heterocycles. The van der Waals surface area contributed by atoms with Crippen molar-refractivity contribution in [3.63, 3.8) is 0 Å². The van der Waals surface area contributed by atoms with Crippen LogP contribution in [0.25, 0.3) is 0 Å². The minimum atomic E-state index is -0.817. The summed E-state index contributed by atoms with van der Waals surface area (Å²) in [6.45, 7) is 5.98. The van der Waals surface area contributed by atoms with Crippen molar-refractivity contribution in [1.82, 2.24) is 5.32 Å². The zero-order valence-corrected chi connectivity index (χ0v) is 9.54. The van der Waals surface area contributed by atoms with Crippen LogP contribution in [0.4, 0.5) is 0 Å². The van der Waals surface area contributed by atoms with Crippen molar-refractivity contribution in [2.75, 3.05) is 0 Å². The summed E-state index contributed by atoms with van der Waals surface area (Å²) in [5.74, 6) is -0.634. The van der Waals surface area contributed by atoms with E-state index in [2.05, 4.69) is 19.2 Å². The first-order valence-corrected chi connectivity index (χ1v) is 5.35. The number of carbonyl (C=O) groups excluding carboxylic acids is 1. The maximum Gasteiger partial charge on any atom is 0.303 e. The first-order chi connectivity index (χ1) is 6.83. The van der Waals surface area contributed by atoms with E-state index in [4.69, 9.17) is 5.11 Å². The van der Waals surface area contributed by atoms with Crippen LogP contribution in [0.15, 0.2) is 0 Å². The molecule has 15 heavy (non-hydrogen) atoms. The normalized spacial score (nSPS) is 24.3. The van der Waals surface area contributed by atoms with Crippen LogP contribution >= 0.6 is 0 Å². The Bertz CT molecular complexity index is 273. The van der Waals surface area contributed by atoms with Gasteiger partial charge in [-0.1, -0.05) is 13.8 Å². The summed E-state index contributed by atoms with van der Waals surface area (Å²) >= 11 is 0. The molecule has 1 saturated carbocycles. The van der Waals surface area contributed by atoms with E-state index in [1.807, 2.05) is 6.92 Å². The monoisotopic (exact) mass is 213 g/mol. The van der Waals surface area contributed by atoms with Crippen LogP contribution in [0.2, 0.25) is 0 Å². The number of amides is 1. The average molecular weight is 213 g/mol. The van der Waals surface area contributed by atoms with Gasteiger partial charge in [-0.3, -0.25) is 9.59 Å². The highest BCUT2D eigenvalue weighted by atomic mass is 16.4. The molecule has 86 valence electrons. The quantitative estimate of drug-likeness (QED) is 0.725. The molecular formula is C11H19NO3. The van der Waals surface area contributed by atoms with Crippen LogP contribution in [0.1, 0.15) is 40.0 Å². The molecule has 2 N–H and O–H groups in total. The minimum Gasteiger partial charge on any atom is -0.481 e. The molecule has 0 aromatic heterocycles. The molecule has 0 spiro atoms. The van der Waals surface area contributed by atoms with Crippen LogP contribution in [0.5, 0.6) is 0 Å². The third kappa shape index (κ3) is 3.53. The number of carbonyl (C=O) groups is 2. The first kappa shape index (κ1) is 12.0. The lowest BCUT2D eigenvalue weighted by Crippen LogP contribution is -2.34. The molecule has 4 nitrogen and oxygen atoms in total. The van der Waals surface area contributed by atoms with Crippen LogP contribution < -0.4 is 5.32 Å². The smallest absolute Gasteiger partial charge is 0.303 e. The third-order valence-electron chi connectivity index (χ3n) is 3.01. The van der Waals surface area contributed by atoms with Crippen molar-refractivity contribution in [1.29, 1.82) is 0 Å². The Kier molecular flexibility index (Phi) is 3.37. The molecule has 1 fully saturated rings. The number of hydrogen-bond donors (Lipinski definition) is 2. The van der Waals surface area contributed by atoms with Crippen LogP contribution in [-0.2, 0) is 9.59 Å². The van der Waals surface area contributed by atoms with Crippen molar-refractivity contribution in [3.8, 4) is 0 Å². The lowest BCUT2D eigenvalue weighted by Gasteiger charge is -2.13. The summed E-state index contributed by atoms with van der Waals surface area (Å²) in [4.78, 5) is 21.9. The average Bonchev–Trinajstić information content (AvgIpc) is 2.72. The summed E-state index contributed by atoms with van der Waals surface area (Å²) in [7, 11) is 0. The van der Waals surface area contributed by atoms with Gasteiger partial charge in [0.25, 0.3) is 0 Å². The molecule has 1 unspecified atom stereocenters. The van der Waals surface area contributed by atoms with Crippen molar-refractivity contribution in [3.05, 3.63) is 0 Å². The Morgan fingerprint density at radius 3 is 2.47 bits per heavy atom. The van der Waals surface area contributed by atoms with E-state index in [9.17, 15) is 9.59 Å². The maximum atomic E-state index is 11.6. The van der Waals surface area contributed by atoms with E-state index in [1.54, 1.807) is 0 Å². The van der Waals surface area contributed by atoms with Crippen molar-refractivity contribution in [2.45, 2.75) is 46.1 Å². The molecular weight excluding hydrogens is 194 g/mol. The lowest BCUT2D eigenvalue weighted by atomic mass is 10.1. The van der Waals surface area contributed by atoms with Crippen LogP contribution in [0.3, 0.4) is 0 Å². The Morgan fingerprint density at radius 2 is 2.07 bits per heavy atom. The number of nitrogens with one attached hydrogen (secondary N) is 1. The Balaban J connectivity index is 2.24. The van der Waals surface area contributed by atoms with Gasteiger partial charge in [-0.2, -0.15) is 0 Å². The molecule has 0 heterocycles. The second-order valence-electron chi connectivity index (χ2n) is 5.09. The van der Waals surface area contributed by atoms with Crippen LogP contribution in [-0.4, -0.2) is 23.0 Å². The second-order valence-corrected chi connectivity index (χ2v) is 5.09. The highest BCUT2D eigenvalue weighted by Gasteiger charge is 2.50. The van der Waals surface area contributed by atoms with Gasteiger partial charge in [-0.25, -0.2) is 0 Å². The fourth-order valence-corrected chi connectivity index (χ4v) is 1.67. The lowest BCUT2D eigenvalue weighted by molar-refractivity contribution is -0.137. The van der Waals surface area contributed by atoms with Gasteiger partial charge in [0.2, 0.25) is 5.91 Å². The largest absolute Gasteiger partial charge is 0.481 e. The molecule has 2 atom stereocenters. The number of rotatable bonds is 5. The van der Waals surface area contributed by atoms with Gasteiger partial charge in [0, 0.05) is 18.4 Å². The third-order valence-corrected chi connectivity index (χ3v) is 3.01. The Morgan fingerprint density at radius 1 is 1.53 bits per heavy atom. The minimum absolute atomic E-state index is 0.0509. The van der Waals surface area contributed by atoms with Crippen LogP contribution in [0, 0.1) is 11.3 Å². The number of carboxylic acids is 1. The van der Waals surface area contributed by atoms with Gasteiger partial charge >= 0.3 is 5.97 Å². The zero-order valence-electron chi connectivity index (χ0n) is 9.54. The van der Waals surface area contributed by atoms with E-state index in [0.29, 0.717) is 6.42 Å². The van der Waals surface area contributed by atoms with Gasteiger partial charge in [-0.05, 0) is 25.2 Å². The Hall–Kier alpha value is -1.06. The van der Waals surface area contributed by atoms with E-state index >= 15 is 0 Å². The fourth-order valence-electron chi connectivity index (χ4n) is 1.67. The van der Waals surface area contributed by atoms with Crippen molar-refractivity contribution < 1.29 is 14.7 Å². The fraction of sp³-hybridized carbons (Fsp3) is 0.818. The molecule has 1 rings (SSSR count). The van der Waals surface area contributed by atoms with Gasteiger partial charge in [0.15, 0.2) is 0 Å². The van der Waals surface area contributed by atoms with E-state index in [1.165, 1.54) is 0 Å². The van der Waals surface area contributed by atoms with Gasteiger partial charge in [0.1, 0.15) is 0 Å². The highest BCUT2D eigenvalue weighted by Crippen LogP contribution is 2.51. The summed E-state index contributed by atoms with van der Waals surface area (Å²) in [6, 6.07) is -0.0509. The standard InChI is InChI=1S/C11H19NO3/c1-7(4-5-9(13)14)12-10(15)8-6-11(8,2)3/h7-8H,4-6H2,1-3H3,(H,12,15)(H,13,14)/t7?,8-/m1/s1. The van der Waals surface area contributed by atoms with E-state index in [0.717, 1.165) is 6.42 Å². The number of carboxylic acid groups (broad SMARTS) is 1.